The Labute approximate surface area is 93.8 Å². The first kappa shape index (κ1) is 11.4. The van der Waals surface area contributed by atoms with Gasteiger partial charge in [-0.1, -0.05) is 0 Å². The zero-order chi connectivity index (χ0) is 10.7. The van der Waals surface area contributed by atoms with Crippen molar-refractivity contribution in [2.24, 2.45) is 5.92 Å². The van der Waals surface area contributed by atoms with Gasteiger partial charge < -0.3 is 15.1 Å². The van der Waals surface area contributed by atoms with Crippen LogP contribution in [0.1, 0.15) is 19.3 Å². The van der Waals surface area contributed by atoms with Crippen molar-refractivity contribution in [2.45, 2.75) is 25.3 Å². The summed E-state index contributed by atoms with van der Waals surface area (Å²) in [5.74, 6) is 0.898. The van der Waals surface area contributed by atoms with E-state index in [0.717, 1.165) is 12.0 Å². The molecule has 3 nitrogen and oxygen atoms in total. The van der Waals surface area contributed by atoms with Crippen LogP contribution in [0.15, 0.2) is 0 Å². The summed E-state index contributed by atoms with van der Waals surface area (Å²) in [5, 5.41) is 3.75. The summed E-state index contributed by atoms with van der Waals surface area (Å²) in [7, 11) is 4.46. The van der Waals surface area contributed by atoms with Crippen LogP contribution in [0.5, 0.6) is 0 Å². The van der Waals surface area contributed by atoms with Gasteiger partial charge in [0.05, 0.1) is 0 Å². The van der Waals surface area contributed by atoms with E-state index in [0.29, 0.717) is 0 Å². The average Bonchev–Trinajstić information content (AvgIpc) is 2.64. The molecule has 0 bridgehead atoms. The van der Waals surface area contributed by atoms with Crippen molar-refractivity contribution >= 4 is 0 Å². The Hall–Kier alpha value is -0.120. The molecule has 0 saturated carbocycles. The van der Waals surface area contributed by atoms with Crippen molar-refractivity contribution in [3.63, 3.8) is 0 Å². The molecule has 0 aromatic carbocycles. The molecule has 2 aliphatic heterocycles. The minimum absolute atomic E-state index is 0.784. The third kappa shape index (κ3) is 3.44. The molecule has 1 unspecified atom stereocenters. The molecule has 2 fully saturated rings. The highest BCUT2D eigenvalue weighted by molar-refractivity contribution is 4.80. The van der Waals surface area contributed by atoms with Crippen LogP contribution >= 0.6 is 0 Å². The fourth-order valence-corrected chi connectivity index (χ4v) is 2.74. The van der Waals surface area contributed by atoms with Crippen molar-refractivity contribution in [2.75, 3.05) is 46.8 Å². The second-order valence-electron chi connectivity index (χ2n) is 5.40. The molecule has 0 radical (unpaired) electrons. The van der Waals surface area contributed by atoms with Crippen LogP contribution in [-0.2, 0) is 0 Å². The largest absolute Gasteiger partial charge is 0.314 e. The van der Waals surface area contributed by atoms with Crippen molar-refractivity contribution in [3.05, 3.63) is 0 Å². The highest BCUT2D eigenvalue weighted by Crippen LogP contribution is 2.14. The summed E-state index contributed by atoms with van der Waals surface area (Å²) in [6, 6.07) is 0.784. The van der Waals surface area contributed by atoms with Gasteiger partial charge in [0.1, 0.15) is 0 Å². The molecule has 0 aromatic heterocycles. The number of rotatable bonds is 3. The van der Waals surface area contributed by atoms with Crippen LogP contribution in [0.3, 0.4) is 0 Å². The highest BCUT2D eigenvalue weighted by atomic mass is 15.1. The molecule has 2 aliphatic rings. The Morgan fingerprint density at radius 2 is 1.67 bits per heavy atom. The highest BCUT2D eigenvalue weighted by Gasteiger charge is 2.21. The first-order chi connectivity index (χ1) is 7.24. The lowest BCUT2D eigenvalue weighted by Gasteiger charge is -2.30. The average molecular weight is 211 g/mol. The molecule has 2 rings (SSSR count). The van der Waals surface area contributed by atoms with Gasteiger partial charge in [0.25, 0.3) is 0 Å². The molecule has 1 atom stereocenters. The topological polar surface area (TPSA) is 18.5 Å². The molecular weight excluding hydrogens is 186 g/mol. The smallest absolute Gasteiger partial charge is 0.00915 e. The number of nitrogens with one attached hydrogen (secondary N) is 1. The number of nitrogens with zero attached hydrogens (tertiary/aromatic N) is 2. The molecular formula is C12H25N3. The Morgan fingerprint density at radius 3 is 2.27 bits per heavy atom. The predicted octanol–water partition coefficient (Wildman–Crippen LogP) is 0.622. The molecule has 15 heavy (non-hydrogen) atoms. The normalized spacial score (nSPS) is 31.2. The maximum Gasteiger partial charge on any atom is 0.00915 e. The van der Waals surface area contributed by atoms with E-state index in [1.807, 2.05) is 0 Å². The summed E-state index contributed by atoms with van der Waals surface area (Å²) in [4.78, 5) is 4.88. The van der Waals surface area contributed by atoms with Gasteiger partial charge >= 0.3 is 0 Å². The summed E-state index contributed by atoms with van der Waals surface area (Å²) in [5.41, 5.74) is 0. The molecule has 0 aliphatic carbocycles. The van der Waals surface area contributed by atoms with E-state index in [9.17, 15) is 0 Å². The molecule has 2 saturated heterocycles. The Balaban J connectivity index is 1.61. The Morgan fingerprint density at radius 1 is 1.00 bits per heavy atom. The monoisotopic (exact) mass is 211 g/mol. The third-order valence-electron chi connectivity index (χ3n) is 3.90. The van der Waals surface area contributed by atoms with E-state index in [4.69, 9.17) is 0 Å². The lowest BCUT2D eigenvalue weighted by Crippen LogP contribution is -2.42. The lowest BCUT2D eigenvalue weighted by molar-refractivity contribution is 0.229. The van der Waals surface area contributed by atoms with E-state index in [1.165, 1.54) is 52.0 Å². The molecule has 88 valence electrons. The van der Waals surface area contributed by atoms with Crippen molar-refractivity contribution in [1.29, 1.82) is 0 Å². The van der Waals surface area contributed by atoms with Gasteiger partial charge in [-0.2, -0.15) is 0 Å². The fraction of sp³-hybridized carbons (Fsp3) is 1.00. The molecule has 0 aromatic rings. The van der Waals surface area contributed by atoms with Gasteiger partial charge in [0.2, 0.25) is 0 Å². The maximum absolute atomic E-state index is 3.75. The molecule has 0 spiro atoms. The summed E-state index contributed by atoms with van der Waals surface area (Å²) >= 11 is 0. The molecule has 0 amide bonds. The van der Waals surface area contributed by atoms with Crippen LogP contribution < -0.4 is 5.32 Å². The van der Waals surface area contributed by atoms with Crippen molar-refractivity contribution < 1.29 is 0 Å². The van der Waals surface area contributed by atoms with Crippen LogP contribution in [0, 0.1) is 5.92 Å². The second kappa shape index (κ2) is 5.28. The minimum atomic E-state index is 0.784. The SMILES string of the molecule is CN1CCC(NCC2CCN(C)C2)CC1. The first-order valence-electron chi connectivity index (χ1n) is 6.34. The Bertz CT molecular complexity index is 187. The van der Waals surface area contributed by atoms with Gasteiger partial charge in [0, 0.05) is 12.6 Å². The van der Waals surface area contributed by atoms with Crippen molar-refractivity contribution in [3.8, 4) is 0 Å². The van der Waals surface area contributed by atoms with E-state index in [1.54, 1.807) is 0 Å². The maximum atomic E-state index is 3.75. The minimum Gasteiger partial charge on any atom is -0.314 e. The van der Waals surface area contributed by atoms with Crippen LogP contribution in [0.2, 0.25) is 0 Å². The summed E-state index contributed by atoms with van der Waals surface area (Å²) < 4.78 is 0. The zero-order valence-corrected chi connectivity index (χ0v) is 10.2. The lowest BCUT2D eigenvalue weighted by atomic mass is 10.0. The van der Waals surface area contributed by atoms with Gasteiger partial charge in [-0.15, -0.1) is 0 Å². The van der Waals surface area contributed by atoms with E-state index in [-0.39, 0.29) is 0 Å². The van der Waals surface area contributed by atoms with E-state index < -0.39 is 0 Å². The van der Waals surface area contributed by atoms with Gasteiger partial charge in [-0.3, -0.25) is 0 Å². The summed E-state index contributed by atoms with van der Waals surface area (Å²) in [6.07, 6.45) is 4.05. The fourth-order valence-electron chi connectivity index (χ4n) is 2.74. The second-order valence-corrected chi connectivity index (χ2v) is 5.40. The predicted molar refractivity (Wildman–Crippen MR) is 64.1 cm³/mol. The van der Waals surface area contributed by atoms with Crippen LogP contribution in [0.4, 0.5) is 0 Å². The summed E-state index contributed by atoms with van der Waals surface area (Å²) in [6.45, 7) is 6.35. The van der Waals surface area contributed by atoms with Gasteiger partial charge in [-0.25, -0.2) is 0 Å². The van der Waals surface area contributed by atoms with Crippen molar-refractivity contribution in [1.82, 2.24) is 15.1 Å². The first-order valence-corrected chi connectivity index (χ1v) is 6.34. The number of piperidine rings is 1. The number of likely N-dealkylation sites (tertiary alicyclic amines) is 2. The Kier molecular flexibility index (Phi) is 4.00. The van der Waals surface area contributed by atoms with E-state index >= 15 is 0 Å². The van der Waals surface area contributed by atoms with Gasteiger partial charge in [0.15, 0.2) is 0 Å². The standard InChI is InChI=1S/C12H25N3/c1-14-7-4-12(5-8-14)13-9-11-3-6-15(2)10-11/h11-13H,3-10H2,1-2H3. The third-order valence-corrected chi connectivity index (χ3v) is 3.90. The number of hydrogen-bond acceptors (Lipinski definition) is 3. The molecule has 1 N–H and O–H groups in total. The zero-order valence-electron chi connectivity index (χ0n) is 10.2. The van der Waals surface area contributed by atoms with Gasteiger partial charge in [-0.05, 0) is 65.5 Å². The molecule has 3 heteroatoms. The van der Waals surface area contributed by atoms with Crippen LogP contribution in [-0.4, -0.2) is 62.7 Å². The van der Waals surface area contributed by atoms with Crippen LogP contribution in [0.25, 0.3) is 0 Å². The van der Waals surface area contributed by atoms with E-state index in [2.05, 4.69) is 29.2 Å². The quantitative estimate of drug-likeness (QED) is 0.738. The number of hydrogen-bond donors (Lipinski definition) is 1. The molecule has 2 heterocycles.